The number of fused-ring (bicyclic) bond motifs is 1. The van der Waals surface area contributed by atoms with Crippen molar-refractivity contribution >= 4 is 16.9 Å². The molecule has 4 N–H and O–H groups in total. The first-order valence-electron chi connectivity index (χ1n) is 12.1. The lowest BCUT2D eigenvalue weighted by Crippen LogP contribution is -2.33. The molecule has 2 atom stereocenters. The van der Waals surface area contributed by atoms with E-state index in [-0.39, 0.29) is 34.8 Å². The molecular formula is C28H25F2N5O3. The number of hydrogen-bond donors (Lipinski definition) is 3. The Labute approximate surface area is 216 Å². The monoisotopic (exact) mass is 517 g/mol. The van der Waals surface area contributed by atoms with Gasteiger partial charge < -0.3 is 25.3 Å². The first-order chi connectivity index (χ1) is 18.3. The highest BCUT2D eigenvalue weighted by atomic mass is 19.1. The molecule has 1 unspecified atom stereocenters. The number of carbonyl (C=O) groups excluding carboxylic acids is 1. The number of hydrogen-bond acceptors (Lipinski definition) is 5. The minimum absolute atomic E-state index is 0.0171. The highest BCUT2D eigenvalue weighted by Crippen LogP contribution is 2.30. The van der Waals surface area contributed by atoms with Crippen molar-refractivity contribution in [2.24, 2.45) is 12.8 Å². The van der Waals surface area contributed by atoms with Gasteiger partial charge in [0, 0.05) is 67.1 Å². The third-order valence-corrected chi connectivity index (χ3v) is 6.60. The number of primary amides is 1. The maximum Gasteiger partial charge on any atom is 0.254 e. The zero-order valence-corrected chi connectivity index (χ0v) is 20.6. The van der Waals surface area contributed by atoms with Gasteiger partial charge in [-0.15, -0.1) is 0 Å². The van der Waals surface area contributed by atoms with Crippen molar-refractivity contribution in [3.8, 4) is 11.8 Å². The summed E-state index contributed by atoms with van der Waals surface area (Å²) >= 11 is 0. The molecule has 1 aliphatic heterocycles. The molecule has 0 radical (unpaired) electrons. The molecule has 0 bridgehead atoms. The molecule has 4 heterocycles. The van der Waals surface area contributed by atoms with Crippen molar-refractivity contribution < 1.29 is 18.3 Å². The van der Waals surface area contributed by atoms with Crippen LogP contribution < -0.4 is 16.6 Å². The Morgan fingerprint density at radius 3 is 2.89 bits per heavy atom. The Bertz CT molecular complexity index is 1640. The molecule has 5 rings (SSSR count). The van der Waals surface area contributed by atoms with Crippen LogP contribution in [-0.4, -0.2) is 40.1 Å². The summed E-state index contributed by atoms with van der Waals surface area (Å²) < 4.78 is 36.1. The van der Waals surface area contributed by atoms with Crippen LogP contribution >= 0.6 is 0 Å². The number of ether oxygens (including phenoxy) is 1. The summed E-state index contributed by atoms with van der Waals surface area (Å²) in [4.78, 5) is 32.6. The van der Waals surface area contributed by atoms with E-state index in [1.807, 2.05) is 6.07 Å². The fourth-order valence-electron chi connectivity index (χ4n) is 4.65. The number of morpholine rings is 1. The molecule has 1 saturated heterocycles. The van der Waals surface area contributed by atoms with Crippen LogP contribution in [-0.2, 0) is 11.8 Å². The second-order valence-corrected chi connectivity index (χ2v) is 9.07. The van der Waals surface area contributed by atoms with Crippen LogP contribution in [0.25, 0.3) is 11.0 Å². The van der Waals surface area contributed by atoms with Crippen LogP contribution in [0.2, 0.25) is 0 Å². The van der Waals surface area contributed by atoms with Crippen LogP contribution in [0.4, 0.5) is 8.78 Å². The number of nitrogens with zero attached hydrogens (tertiary/aromatic N) is 2. The third-order valence-electron chi connectivity index (χ3n) is 6.60. The molecule has 10 heteroatoms. The van der Waals surface area contributed by atoms with E-state index in [2.05, 4.69) is 27.1 Å². The lowest BCUT2D eigenvalue weighted by molar-refractivity contribution is 0.0254. The number of aromatic nitrogens is 3. The third kappa shape index (κ3) is 4.94. The Hall–Kier alpha value is -4.33. The quantitative estimate of drug-likeness (QED) is 0.352. The molecule has 4 aromatic rings. The van der Waals surface area contributed by atoms with Gasteiger partial charge in [0.2, 0.25) is 0 Å². The fraction of sp³-hybridized carbons (Fsp3) is 0.250. The first kappa shape index (κ1) is 25.3. The molecule has 0 spiro atoms. The van der Waals surface area contributed by atoms with Crippen LogP contribution in [0, 0.1) is 23.5 Å². The average molecular weight is 518 g/mol. The molecule has 1 amide bonds. The number of nitrogens with one attached hydrogen (secondary N) is 2. The van der Waals surface area contributed by atoms with Crippen molar-refractivity contribution in [3.63, 3.8) is 0 Å². The summed E-state index contributed by atoms with van der Waals surface area (Å²) in [6.07, 6.45) is 2.70. The van der Waals surface area contributed by atoms with Crippen molar-refractivity contribution in [3.05, 3.63) is 98.7 Å². The molecule has 1 aromatic carbocycles. The topological polar surface area (TPSA) is 115 Å². The summed E-state index contributed by atoms with van der Waals surface area (Å²) in [6.45, 7) is 1.93. The Kier molecular flexibility index (Phi) is 7.05. The highest BCUT2D eigenvalue weighted by Gasteiger charge is 2.23. The molecule has 0 aliphatic carbocycles. The van der Waals surface area contributed by atoms with E-state index in [0.717, 1.165) is 30.4 Å². The van der Waals surface area contributed by atoms with E-state index in [9.17, 15) is 18.4 Å². The van der Waals surface area contributed by atoms with Crippen molar-refractivity contribution in [2.75, 3.05) is 19.7 Å². The number of carbonyl (C=O) groups is 1. The zero-order valence-electron chi connectivity index (χ0n) is 20.6. The molecular weight excluding hydrogens is 492 g/mol. The summed E-state index contributed by atoms with van der Waals surface area (Å²) in [6, 6.07) is 8.19. The van der Waals surface area contributed by atoms with E-state index in [1.165, 1.54) is 10.8 Å². The van der Waals surface area contributed by atoms with Crippen LogP contribution in [0.3, 0.4) is 0 Å². The van der Waals surface area contributed by atoms with Gasteiger partial charge in [-0.05, 0) is 35.9 Å². The van der Waals surface area contributed by atoms with Gasteiger partial charge in [-0.3, -0.25) is 9.59 Å². The van der Waals surface area contributed by atoms with Gasteiger partial charge in [0.25, 0.3) is 11.5 Å². The number of aryl methyl sites for hydroxylation is 1. The van der Waals surface area contributed by atoms with Crippen LogP contribution in [0.5, 0.6) is 0 Å². The number of pyridine rings is 2. The number of H-pyrrole nitrogens is 1. The highest BCUT2D eigenvalue weighted by molar-refractivity contribution is 6.00. The predicted molar refractivity (Wildman–Crippen MR) is 138 cm³/mol. The maximum atomic E-state index is 14.8. The van der Waals surface area contributed by atoms with E-state index < -0.39 is 23.5 Å². The van der Waals surface area contributed by atoms with E-state index in [0.29, 0.717) is 29.7 Å². The van der Waals surface area contributed by atoms with Crippen molar-refractivity contribution in [2.45, 2.75) is 18.4 Å². The normalized spacial score (nSPS) is 16.1. The van der Waals surface area contributed by atoms with Gasteiger partial charge in [0.05, 0.1) is 12.2 Å². The maximum absolute atomic E-state index is 14.8. The average Bonchev–Trinajstić information content (AvgIpc) is 3.35. The summed E-state index contributed by atoms with van der Waals surface area (Å²) in [5.74, 6) is 3.16. The van der Waals surface area contributed by atoms with Gasteiger partial charge in [0.15, 0.2) is 0 Å². The number of halogens is 2. The smallest absolute Gasteiger partial charge is 0.254 e. The molecule has 1 fully saturated rings. The minimum atomic E-state index is -0.851. The number of aromatic amines is 1. The Morgan fingerprint density at radius 2 is 2.13 bits per heavy atom. The minimum Gasteiger partial charge on any atom is -0.369 e. The predicted octanol–water partition coefficient (Wildman–Crippen LogP) is 2.87. The number of benzene rings is 1. The van der Waals surface area contributed by atoms with E-state index in [4.69, 9.17) is 10.5 Å². The van der Waals surface area contributed by atoms with Gasteiger partial charge in [0.1, 0.15) is 23.4 Å². The van der Waals surface area contributed by atoms with Crippen LogP contribution in [0.1, 0.15) is 51.2 Å². The molecule has 0 saturated carbocycles. The van der Waals surface area contributed by atoms with Gasteiger partial charge in [-0.1, -0.05) is 17.9 Å². The molecule has 1 aliphatic rings. The molecule has 38 heavy (non-hydrogen) atoms. The van der Waals surface area contributed by atoms with Gasteiger partial charge in [-0.25, -0.2) is 13.8 Å². The first-order valence-corrected chi connectivity index (χ1v) is 12.1. The van der Waals surface area contributed by atoms with Crippen LogP contribution in [0.15, 0.2) is 53.6 Å². The molecule has 194 valence electrons. The van der Waals surface area contributed by atoms with Gasteiger partial charge >= 0.3 is 0 Å². The van der Waals surface area contributed by atoms with E-state index >= 15 is 0 Å². The summed E-state index contributed by atoms with van der Waals surface area (Å²) in [7, 11) is 1.58. The second-order valence-electron chi connectivity index (χ2n) is 9.07. The number of rotatable bonds is 5. The lowest BCUT2D eigenvalue weighted by atomic mass is 9.88. The number of nitrogens with two attached hydrogens (primary N) is 1. The zero-order chi connectivity index (χ0) is 26.8. The van der Waals surface area contributed by atoms with E-state index in [1.54, 1.807) is 25.4 Å². The lowest BCUT2D eigenvalue weighted by Gasteiger charge is -2.22. The standard InChI is InChI=1S/C28H25F2N5O3/c1-35-10-3-6-19(28(35)37)17(20-12-16(29)7-8-23(20)30)4-2-5-18-21-13-24(25-15-32-9-11-38-25)34-27(21)33-14-22(18)26(31)36/h3,6-8,10,12-14,17,25,32H,4,9,11,15H2,1H3,(H2,31,36)(H,33,34)/t17?,25-/m1/s1. The van der Waals surface area contributed by atoms with Gasteiger partial charge in [-0.2, -0.15) is 0 Å². The molecule has 8 nitrogen and oxygen atoms in total. The Morgan fingerprint density at radius 1 is 1.29 bits per heavy atom. The fourth-order valence-corrected chi connectivity index (χ4v) is 4.65. The van der Waals surface area contributed by atoms with Crippen molar-refractivity contribution in [1.29, 1.82) is 0 Å². The summed E-state index contributed by atoms with van der Waals surface area (Å²) in [5.41, 5.74) is 7.33. The summed E-state index contributed by atoms with van der Waals surface area (Å²) in [5, 5.41) is 3.85. The largest absolute Gasteiger partial charge is 0.369 e. The Balaban J connectivity index is 1.59. The number of amides is 1. The van der Waals surface area contributed by atoms with Crippen molar-refractivity contribution in [1.82, 2.24) is 19.9 Å². The molecule has 3 aromatic heterocycles. The second kappa shape index (κ2) is 10.6. The SMILES string of the molecule is Cn1cccc(C(CC#Cc2c(C(N)=O)cnc3[nH]c([C@H]4CNCCO4)cc23)c2cc(F)ccc2F)c1=O.